The summed E-state index contributed by atoms with van der Waals surface area (Å²) in [5, 5.41) is 61.8. The molecular weight excluding hydrogens is 1650 g/mol. The van der Waals surface area contributed by atoms with E-state index in [1.165, 1.54) is 75.7 Å². The van der Waals surface area contributed by atoms with Crippen molar-refractivity contribution >= 4 is 105 Å². The molecule has 7 unspecified atom stereocenters. The Bertz CT molecular complexity index is 2160. The molecule has 680 valence electrons. The lowest BCUT2D eigenvalue weighted by Crippen LogP contribution is -2.13. The molecule has 29 nitrogen and oxygen atoms in total. The quantitative estimate of drug-likeness (QED) is 0.0169. The van der Waals surface area contributed by atoms with Crippen LogP contribution in [0.25, 0.3) is 0 Å². The van der Waals surface area contributed by atoms with E-state index in [1.54, 1.807) is 35.2 Å². The predicted octanol–water partition coefficient (Wildman–Crippen LogP) is 12.5. The molecule has 0 aromatic carbocycles. The molecule has 7 atom stereocenters. The highest BCUT2D eigenvalue weighted by atomic mass is 32.2. The number of methoxy groups -OCH3 is 3. The molecule has 0 aliphatic carbocycles. The monoisotopic (exact) mass is 1810 g/mol. The van der Waals surface area contributed by atoms with Gasteiger partial charge >= 0.3 is 43.8 Å². The number of ketones is 1. The number of hydrogen-bond acceptors (Lipinski definition) is 28. The number of aliphatic carboxylic acids is 1. The SMILES string of the molecule is CC(=O)CCP(CCC(=O)O)CCC(=O)OC(C)C.CCCCP(CCCO)CCCOC(C)C.CCCP(CCO)CCOC(C)C.CCP(CO)COC(C)C.COCCCP(CCCO)CCCOC(C)C.COCCP(CCO)CCOC(C)C.COCP(CO)COC(C)C.O=S(=O)=O.O=S(=O)=O.O=S(=O)=O. The van der Waals surface area contributed by atoms with Gasteiger partial charge in [-0.3, -0.25) is 9.59 Å². The normalized spacial score (nSPS) is 12.5. The van der Waals surface area contributed by atoms with E-state index in [0.29, 0.717) is 101 Å². The van der Waals surface area contributed by atoms with Crippen molar-refractivity contribution in [1.82, 2.24) is 0 Å². The second-order valence-corrected chi connectivity index (χ2v) is 45.7. The van der Waals surface area contributed by atoms with E-state index in [1.807, 2.05) is 41.5 Å². The van der Waals surface area contributed by atoms with Gasteiger partial charge in [0.2, 0.25) is 0 Å². The number of carbonyl (C=O) groups excluding carboxylic acids is 2. The first-order valence-corrected chi connectivity index (χ1v) is 55.1. The first kappa shape index (κ1) is 133. The third-order valence-electron chi connectivity index (χ3n) is 13.5. The Morgan fingerprint density at radius 3 is 0.946 bits per heavy atom. The molecule has 0 aromatic heterocycles. The fourth-order valence-corrected chi connectivity index (χ4v) is 21.2. The minimum absolute atomic E-state index is 0.0335. The smallest absolute Gasteiger partial charge is 0.425 e. The van der Waals surface area contributed by atoms with E-state index < -0.39 is 53.6 Å². The average molecular weight is 1820 g/mol. The first-order chi connectivity index (χ1) is 52.7. The number of hydrogen-bond donors (Lipinski definition) is 7. The van der Waals surface area contributed by atoms with Gasteiger partial charge in [-0.1, -0.05) is 49.5 Å². The van der Waals surface area contributed by atoms with Gasteiger partial charge in [0.25, 0.3) is 0 Å². The Kier molecular flexibility index (Phi) is 127. The summed E-state index contributed by atoms with van der Waals surface area (Å²) in [6.07, 6.45) is 31.6. The van der Waals surface area contributed by atoms with Gasteiger partial charge in [-0.2, -0.15) is 0 Å². The zero-order chi connectivity index (χ0) is 88.3. The van der Waals surface area contributed by atoms with Crippen LogP contribution in [-0.2, 0) is 93.6 Å². The van der Waals surface area contributed by atoms with E-state index in [9.17, 15) is 14.4 Å². The Morgan fingerprint density at radius 2 is 0.634 bits per heavy atom. The van der Waals surface area contributed by atoms with E-state index in [2.05, 4.69) is 62.3 Å². The molecule has 112 heavy (non-hydrogen) atoms. The van der Waals surface area contributed by atoms with Gasteiger partial charge in [0.05, 0.1) is 94.3 Å². The molecule has 7 N–H and O–H groups in total. The first-order valence-electron chi connectivity index (χ1n) is 38.8. The highest BCUT2D eigenvalue weighted by Gasteiger charge is 2.16. The predicted molar refractivity (Wildman–Crippen MR) is 467 cm³/mol. The molecule has 0 amide bonds. The number of aliphatic hydroxyl groups excluding tert-OH is 6. The van der Waals surface area contributed by atoms with Crippen LogP contribution in [0.2, 0.25) is 0 Å². The van der Waals surface area contributed by atoms with Gasteiger partial charge in [-0.05, 0) is 249 Å². The Morgan fingerprint density at radius 1 is 0.312 bits per heavy atom. The largest absolute Gasteiger partial charge is 0.481 e. The number of Topliss-reactive ketones (excluding diaryl/α,β-unsaturated/α-hetero) is 1. The number of esters is 1. The van der Waals surface area contributed by atoms with Gasteiger partial charge in [-0.25, -0.2) is 0 Å². The summed E-state index contributed by atoms with van der Waals surface area (Å²) in [6, 6.07) is 0. The number of unbranched alkanes of at least 4 members (excludes halogenated alkanes) is 1. The highest BCUT2D eigenvalue weighted by molar-refractivity contribution is 7.60. The lowest BCUT2D eigenvalue weighted by atomic mass is 10.4. The number of ether oxygens (including phenoxy) is 10. The lowest BCUT2D eigenvalue weighted by molar-refractivity contribution is -0.146. The topological polar surface area (TPSA) is 439 Å². The van der Waals surface area contributed by atoms with Crippen molar-refractivity contribution in [1.29, 1.82) is 0 Å². The standard InChI is InChI=1S/C13H23O5P.C13H29O3P.C13H29O2P.C10H23O3P.C10H23O2P.C7H17O3P.C7H17O2P.3O3S/c1-10(2)18-13(17)6-9-19(7-4-11(3)14)8-5-12(15)16;1-13(2)16-9-6-12-17(10-4-7-14)11-5-8-15-3;1-4-5-10-16(11-6-8-14)12-7-9-15-13(2)3;1-10(2)13-6-9-14(7-4-11)8-5-12-3;1-4-7-13(8-5-11)9-6-12-10(2)3;1-7(2)10-6-11(4-8)5-9-3;1-4-10(5-8)6-9-7(2)3;3*1-4(2)3/h10H,4-9H2,1-3H3,(H,15,16);13-14H,4-12H2,1-3H3;13-14H,4-12H2,1-3H3;10-11H,4-9H2,1-3H3;10-11H,4-9H2,1-3H3;7-8H,4-6H2,1-3H3;7-8H,4-6H2,1-3H3;;;. The van der Waals surface area contributed by atoms with Crippen LogP contribution in [-0.4, -0.2) is 352 Å². The summed E-state index contributed by atoms with van der Waals surface area (Å²) in [6.45, 7) is 42.6. The molecule has 0 aliphatic heterocycles. The van der Waals surface area contributed by atoms with Crippen molar-refractivity contribution < 1.29 is 135 Å². The minimum atomic E-state index is -3.11. The number of carboxylic acids is 1. The molecular formula is C73H161O29P7S3. The molecule has 39 heteroatoms. The maximum absolute atomic E-state index is 11.4. The van der Waals surface area contributed by atoms with Gasteiger partial charge < -0.3 is 87.9 Å². The second-order valence-electron chi connectivity index (χ2n) is 26.4. The zero-order valence-corrected chi connectivity index (χ0v) is 81.4. The average Bonchev–Trinajstić information content (AvgIpc) is 0.900. The van der Waals surface area contributed by atoms with Crippen molar-refractivity contribution in [2.24, 2.45) is 0 Å². The van der Waals surface area contributed by atoms with E-state index in [4.69, 9.17) is 121 Å². The molecule has 0 rings (SSSR count). The molecule has 0 saturated heterocycles. The fraction of sp³-hybridized carbons (Fsp3) is 0.959. The van der Waals surface area contributed by atoms with Crippen LogP contribution in [0.4, 0.5) is 0 Å². The van der Waals surface area contributed by atoms with E-state index >= 15 is 0 Å². The van der Waals surface area contributed by atoms with Crippen LogP contribution in [0, 0.1) is 0 Å². The van der Waals surface area contributed by atoms with Gasteiger partial charge in [-0.15, -0.1) is 69.6 Å². The second kappa shape index (κ2) is 107. The number of rotatable bonds is 61. The van der Waals surface area contributed by atoms with Gasteiger partial charge in [0.15, 0.2) is 0 Å². The van der Waals surface area contributed by atoms with Crippen LogP contribution in [0.3, 0.4) is 0 Å². The summed E-state index contributed by atoms with van der Waals surface area (Å²) in [5.41, 5.74) is 0. The Hall–Kier alpha value is -0.120. The van der Waals surface area contributed by atoms with Crippen LogP contribution in [0.1, 0.15) is 195 Å². The minimum Gasteiger partial charge on any atom is -0.481 e. The molecule has 0 aromatic rings. The maximum atomic E-state index is 11.4. The van der Waals surface area contributed by atoms with Crippen molar-refractivity contribution in [3.8, 4) is 0 Å². The van der Waals surface area contributed by atoms with Crippen LogP contribution in [0.5, 0.6) is 0 Å². The van der Waals surface area contributed by atoms with Crippen molar-refractivity contribution in [3.63, 3.8) is 0 Å². The molecule has 0 aliphatic rings. The molecule has 0 radical (unpaired) electrons. The third-order valence-corrected chi connectivity index (χ3v) is 30.3. The number of aliphatic hydroxyl groups is 6. The van der Waals surface area contributed by atoms with Crippen molar-refractivity contribution in [3.05, 3.63) is 0 Å². The maximum Gasteiger partial charge on any atom is 0.425 e. The van der Waals surface area contributed by atoms with E-state index in [-0.39, 0.29) is 82.9 Å². The summed E-state index contributed by atoms with van der Waals surface area (Å²) < 4.78 is 129. The van der Waals surface area contributed by atoms with Crippen LogP contribution >= 0.6 is 55.5 Å². The van der Waals surface area contributed by atoms with Crippen LogP contribution < -0.4 is 0 Å². The molecule has 0 saturated carbocycles. The zero-order valence-electron chi connectivity index (χ0n) is 72.7. The molecule has 0 heterocycles. The van der Waals surface area contributed by atoms with Crippen molar-refractivity contribution in [2.45, 2.75) is 238 Å². The third kappa shape index (κ3) is 148. The van der Waals surface area contributed by atoms with Gasteiger partial charge in [0.1, 0.15) is 5.78 Å². The highest BCUT2D eigenvalue weighted by Crippen LogP contribution is 2.41. The summed E-state index contributed by atoms with van der Waals surface area (Å²) in [7, 11) is -5.38. The van der Waals surface area contributed by atoms with Gasteiger partial charge in [0, 0.05) is 86.8 Å². The molecule has 0 spiro atoms. The lowest BCUT2D eigenvalue weighted by Gasteiger charge is -2.17. The van der Waals surface area contributed by atoms with Crippen LogP contribution in [0.15, 0.2) is 0 Å². The summed E-state index contributed by atoms with van der Waals surface area (Å²) in [5.74, 6) is -0.978. The number of carboxylic acid groups (broad SMARTS) is 1. The molecule has 0 fully saturated rings. The summed E-state index contributed by atoms with van der Waals surface area (Å²) >= 11 is 0. The number of carbonyl (C=O) groups is 3. The van der Waals surface area contributed by atoms with E-state index in [0.717, 1.165) is 109 Å². The fourth-order valence-electron chi connectivity index (χ4n) is 8.13. The Labute approximate surface area is 692 Å². The summed E-state index contributed by atoms with van der Waals surface area (Å²) in [4.78, 5) is 33.0. The Balaban J connectivity index is -0.000000133. The molecule has 0 bridgehead atoms. The van der Waals surface area contributed by atoms with Crippen molar-refractivity contribution in [2.75, 3.05) is 218 Å².